The first-order valence-electron chi connectivity index (χ1n) is 7.99. The van der Waals surface area contributed by atoms with Crippen LogP contribution in [0.25, 0.3) is 6.08 Å². The zero-order valence-electron chi connectivity index (χ0n) is 14.0. The molecule has 2 aromatic carbocycles. The van der Waals surface area contributed by atoms with Crippen LogP contribution in [0.5, 0.6) is 5.75 Å². The standard InChI is InChI=1S/C19H16ClIN2O2S/c1-2-23-18(24)16(22-19(23)26)10-13-5-8-17(15(20)9-13)25-11-12-3-6-14(21)7-4-12/h3-10H,2,11H2,1H3,(H,22,26)/b16-10-. The number of carbonyl (C=O) groups excluding carboxylic acids is 1. The van der Waals surface area contributed by atoms with Gasteiger partial charge in [-0.15, -0.1) is 0 Å². The molecule has 3 rings (SSSR count). The summed E-state index contributed by atoms with van der Waals surface area (Å²) in [4.78, 5) is 13.8. The van der Waals surface area contributed by atoms with Crippen LogP contribution in [0.3, 0.4) is 0 Å². The van der Waals surface area contributed by atoms with E-state index in [2.05, 4.69) is 27.9 Å². The summed E-state index contributed by atoms with van der Waals surface area (Å²) in [5, 5.41) is 3.85. The summed E-state index contributed by atoms with van der Waals surface area (Å²) in [6.45, 7) is 2.86. The van der Waals surface area contributed by atoms with Crippen molar-refractivity contribution in [3.8, 4) is 5.75 Å². The van der Waals surface area contributed by atoms with Crippen molar-refractivity contribution in [2.45, 2.75) is 13.5 Å². The van der Waals surface area contributed by atoms with E-state index in [1.54, 1.807) is 18.2 Å². The van der Waals surface area contributed by atoms with Gasteiger partial charge in [0.1, 0.15) is 18.1 Å². The number of carbonyl (C=O) groups is 1. The van der Waals surface area contributed by atoms with Crippen LogP contribution >= 0.6 is 46.4 Å². The minimum Gasteiger partial charge on any atom is -0.487 e. The molecule has 2 aromatic rings. The maximum absolute atomic E-state index is 12.2. The predicted molar refractivity (Wildman–Crippen MR) is 116 cm³/mol. The number of benzene rings is 2. The van der Waals surface area contributed by atoms with Crippen molar-refractivity contribution in [2.24, 2.45) is 0 Å². The van der Waals surface area contributed by atoms with Gasteiger partial charge in [0.15, 0.2) is 5.11 Å². The maximum Gasteiger partial charge on any atom is 0.276 e. The fraction of sp³-hybridized carbons (Fsp3) is 0.158. The third-order valence-corrected chi connectivity index (χ3v) is 5.19. The van der Waals surface area contributed by atoms with Crippen LogP contribution in [0.15, 0.2) is 48.2 Å². The zero-order valence-corrected chi connectivity index (χ0v) is 17.7. The number of amides is 1. The highest BCUT2D eigenvalue weighted by Crippen LogP contribution is 2.27. The highest BCUT2D eigenvalue weighted by molar-refractivity contribution is 14.1. The SMILES string of the molecule is CCN1C(=O)/C(=C/c2ccc(OCc3ccc(I)cc3)c(Cl)c2)NC1=S. The van der Waals surface area contributed by atoms with Gasteiger partial charge in [0, 0.05) is 10.1 Å². The Morgan fingerprint density at radius 2 is 2.00 bits per heavy atom. The largest absolute Gasteiger partial charge is 0.487 e. The number of hydrogen-bond donors (Lipinski definition) is 1. The highest BCUT2D eigenvalue weighted by atomic mass is 127. The number of nitrogens with one attached hydrogen (secondary N) is 1. The van der Waals surface area contributed by atoms with Crippen molar-refractivity contribution in [1.29, 1.82) is 0 Å². The molecule has 0 saturated carbocycles. The molecule has 0 aliphatic carbocycles. The first kappa shape index (κ1) is 19.1. The molecule has 4 nitrogen and oxygen atoms in total. The van der Waals surface area contributed by atoms with Gasteiger partial charge in [-0.3, -0.25) is 9.69 Å². The van der Waals surface area contributed by atoms with E-state index in [1.807, 2.05) is 37.3 Å². The quantitative estimate of drug-likeness (QED) is 0.372. The van der Waals surface area contributed by atoms with E-state index in [1.165, 1.54) is 8.47 Å². The van der Waals surface area contributed by atoms with Crippen molar-refractivity contribution in [2.75, 3.05) is 6.54 Å². The molecule has 1 N–H and O–H groups in total. The highest BCUT2D eigenvalue weighted by Gasteiger charge is 2.28. The minimum atomic E-state index is -0.132. The third-order valence-electron chi connectivity index (χ3n) is 3.85. The monoisotopic (exact) mass is 498 g/mol. The Bertz CT molecular complexity index is 884. The van der Waals surface area contributed by atoms with Gasteiger partial charge in [-0.1, -0.05) is 29.8 Å². The number of ether oxygens (including phenoxy) is 1. The Labute approximate surface area is 176 Å². The molecule has 0 atom stereocenters. The van der Waals surface area contributed by atoms with Crippen molar-refractivity contribution < 1.29 is 9.53 Å². The average Bonchev–Trinajstić information content (AvgIpc) is 2.88. The van der Waals surface area contributed by atoms with E-state index >= 15 is 0 Å². The summed E-state index contributed by atoms with van der Waals surface area (Å²) < 4.78 is 6.97. The van der Waals surface area contributed by atoms with Crippen molar-refractivity contribution in [3.63, 3.8) is 0 Å². The first-order chi connectivity index (χ1) is 12.5. The number of nitrogens with zero attached hydrogens (tertiary/aromatic N) is 1. The van der Waals surface area contributed by atoms with Crippen molar-refractivity contribution in [3.05, 3.63) is 67.9 Å². The lowest BCUT2D eigenvalue weighted by Crippen LogP contribution is -2.30. The average molecular weight is 499 g/mol. The summed E-state index contributed by atoms with van der Waals surface area (Å²) in [6, 6.07) is 13.5. The summed E-state index contributed by atoms with van der Waals surface area (Å²) in [7, 11) is 0. The van der Waals surface area contributed by atoms with E-state index in [4.69, 9.17) is 28.6 Å². The maximum atomic E-state index is 12.2. The van der Waals surface area contributed by atoms with Gasteiger partial charge in [0.2, 0.25) is 0 Å². The first-order valence-corrected chi connectivity index (χ1v) is 9.85. The van der Waals surface area contributed by atoms with Gasteiger partial charge in [0.25, 0.3) is 5.91 Å². The number of rotatable bonds is 5. The molecule has 1 aliphatic rings. The molecule has 7 heteroatoms. The number of hydrogen-bond acceptors (Lipinski definition) is 3. The van der Waals surface area contributed by atoms with Gasteiger partial charge < -0.3 is 10.1 Å². The zero-order chi connectivity index (χ0) is 18.7. The smallest absolute Gasteiger partial charge is 0.276 e. The van der Waals surface area contributed by atoms with Gasteiger partial charge in [-0.2, -0.15) is 0 Å². The summed E-state index contributed by atoms with van der Waals surface area (Å²) in [5.41, 5.74) is 2.32. The lowest BCUT2D eigenvalue weighted by Gasteiger charge is -2.09. The van der Waals surface area contributed by atoms with E-state index in [0.717, 1.165) is 11.1 Å². The van der Waals surface area contributed by atoms with Gasteiger partial charge in [-0.25, -0.2) is 0 Å². The van der Waals surface area contributed by atoms with Crippen LogP contribution in [0.1, 0.15) is 18.1 Å². The van der Waals surface area contributed by atoms with E-state index in [9.17, 15) is 4.79 Å². The Morgan fingerprint density at radius 3 is 2.62 bits per heavy atom. The topological polar surface area (TPSA) is 41.6 Å². The molecule has 1 fully saturated rings. The van der Waals surface area contributed by atoms with Crippen LogP contribution in [-0.4, -0.2) is 22.5 Å². The molecule has 0 bridgehead atoms. The summed E-state index contributed by atoms with van der Waals surface area (Å²) in [5.74, 6) is 0.469. The molecule has 0 unspecified atom stereocenters. The predicted octanol–water partition coefficient (Wildman–Crippen LogP) is 4.60. The van der Waals surface area contributed by atoms with Gasteiger partial charge in [-0.05, 0) is 83.2 Å². The summed E-state index contributed by atoms with van der Waals surface area (Å²) in [6.07, 6.45) is 1.74. The molecule has 1 aliphatic heterocycles. The fourth-order valence-corrected chi connectivity index (χ4v) is 3.42. The lowest BCUT2D eigenvalue weighted by molar-refractivity contribution is -0.122. The minimum absolute atomic E-state index is 0.132. The fourth-order valence-electron chi connectivity index (χ4n) is 2.49. The molecule has 134 valence electrons. The molecule has 26 heavy (non-hydrogen) atoms. The number of thiocarbonyl (C=S) groups is 1. The summed E-state index contributed by atoms with van der Waals surface area (Å²) >= 11 is 13.7. The number of likely N-dealkylation sites (N-methyl/N-ethyl adjacent to an activating group) is 1. The normalized spacial score (nSPS) is 15.5. The molecular weight excluding hydrogens is 483 g/mol. The third kappa shape index (κ3) is 4.36. The Morgan fingerprint density at radius 1 is 1.27 bits per heavy atom. The molecular formula is C19H16ClIN2O2S. The second-order valence-corrected chi connectivity index (χ2v) is 7.68. The van der Waals surface area contributed by atoms with Crippen LogP contribution in [-0.2, 0) is 11.4 Å². The van der Waals surface area contributed by atoms with E-state index in [-0.39, 0.29) is 5.91 Å². The molecule has 0 spiro atoms. The van der Waals surface area contributed by atoms with Gasteiger partial charge in [0.05, 0.1) is 5.02 Å². The Hall–Kier alpha value is -1.64. The van der Waals surface area contributed by atoms with Crippen molar-refractivity contribution >= 4 is 63.5 Å². The van der Waals surface area contributed by atoms with Crippen molar-refractivity contribution in [1.82, 2.24) is 10.2 Å². The molecule has 1 heterocycles. The van der Waals surface area contributed by atoms with Crippen LogP contribution in [0.2, 0.25) is 5.02 Å². The van der Waals surface area contributed by atoms with Crippen LogP contribution < -0.4 is 10.1 Å². The van der Waals surface area contributed by atoms with Gasteiger partial charge >= 0.3 is 0 Å². The Kier molecular flexibility index (Phi) is 6.16. The second kappa shape index (κ2) is 8.37. The molecule has 0 aromatic heterocycles. The van der Waals surface area contributed by atoms with E-state index < -0.39 is 0 Å². The van der Waals surface area contributed by atoms with Crippen LogP contribution in [0, 0.1) is 3.57 Å². The molecule has 1 saturated heterocycles. The number of halogens is 2. The second-order valence-electron chi connectivity index (χ2n) is 5.64. The molecule has 0 radical (unpaired) electrons. The van der Waals surface area contributed by atoms with Crippen LogP contribution in [0.4, 0.5) is 0 Å². The molecule has 1 amide bonds. The lowest BCUT2D eigenvalue weighted by atomic mass is 10.2. The van der Waals surface area contributed by atoms with E-state index in [0.29, 0.717) is 34.7 Å². The Balaban J connectivity index is 1.71.